The fourth-order valence-corrected chi connectivity index (χ4v) is 3.16. The number of ether oxygens (including phenoxy) is 1. The zero-order valence-electron chi connectivity index (χ0n) is 14.4. The summed E-state index contributed by atoms with van der Waals surface area (Å²) in [6, 6.07) is 10.6. The Bertz CT molecular complexity index is 746. The first kappa shape index (κ1) is 16.6. The van der Waals surface area contributed by atoms with Crippen LogP contribution in [0.4, 0.5) is 0 Å². The van der Waals surface area contributed by atoms with Gasteiger partial charge in [-0.2, -0.15) is 5.26 Å². The third kappa shape index (κ3) is 3.32. The van der Waals surface area contributed by atoms with Crippen molar-refractivity contribution in [1.82, 2.24) is 19.7 Å². The number of nitrogens with zero attached hydrogens (tertiary/aromatic N) is 5. The van der Waals surface area contributed by atoms with Gasteiger partial charge in [0, 0.05) is 26.7 Å². The van der Waals surface area contributed by atoms with Crippen molar-refractivity contribution in [3.05, 3.63) is 47.5 Å². The van der Waals surface area contributed by atoms with Gasteiger partial charge in [0.25, 0.3) is 0 Å². The molecule has 3 rings (SSSR count). The summed E-state index contributed by atoms with van der Waals surface area (Å²) in [5.74, 6) is 0.852. The Hall–Kier alpha value is -2.23. The molecule has 1 aliphatic rings. The van der Waals surface area contributed by atoms with E-state index in [2.05, 4.69) is 33.3 Å². The molecule has 0 radical (unpaired) electrons. The van der Waals surface area contributed by atoms with Crippen LogP contribution in [0.1, 0.15) is 36.9 Å². The number of aromatic nitrogens is 3. The molecule has 6 nitrogen and oxygen atoms in total. The number of nitriles is 1. The lowest BCUT2D eigenvalue weighted by molar-refractivity contribution is -0.0386. The highest BCUT2D eigenvalue weighted by atomic mass is 16.5. The fraction of sp³-hybridized carbons (Fsp3) is 0.500. The van der Waals surface area contributed by atoms with E-state index in [0.717, 1.165) is 31.0 Å². The Morgan fingerprint density at radius 3 is 2.88 bits per heavy atom. The highest BCUT2D eigenvalue weighted by Crippen LogP contribution is 2.28. The van der Waals surface area contributed by atoms with Gasteiger partial charge in [-0.1, -0.05) is 24.3 Å². The van der Waals surface area contributed by atoms with Gasteiger partial charge in [0.15, 0.2) is 5.82 Å². The second-order valence-corrected chi connectivity index (χ2v) is 6.79. The zero-order chi connectivity index (χ0) is 17.2. The lowest BCUT2D eigenvalue weighted by Crippen LogP contribution is -2.39. The molecule has 0 N–H and O–H groups in total. The predicted molar refractivity (Wildman–Crippen MR) is 90.1 cm³/mol. The molecule has 2 heterocycles. The largest absolute Gasteiger partial charge is 0.368 e. The molecule has 1 saturated heterocycles. The standard InChI is InChI=1S/C18H23N5O/c1-18(2,12-19)15-7-5-4-6-14(15)10-23-8-9-24-16(11-23)17-21-20-13-22(17)3/h4-7,13,16H,8-11H2,1-3H3. The molecule has 0 saturated carbocycles. The molecular formula is C18H23N5O. The first-order valence-electron chi connectivity index (χ1n) is 8.19. The van der Waals surface area contributed by atoms with Gasteiger partial charge in [-0.3, -0.25) is 4.90 Å². The Kier molecular flexibility index (Phi) is 4.65. The van der Waals surface area contributed by atoms with Gasteiger partial charge in [0.1, 0.15) is 12.4 Å². The smallest absolute Gasteiger partial charge is 0.163 e. The summed E-state index contributed by atoms with van der Waals surface area (Å²) in [7, 11) is 1.93. The maximum Gasteiger partial charge on any atom is 0.163 e. The van der Waals surface area contributed by atoms with Gasteiger partial charge < -0.3 is 9.30 Å². The van der Waals surface area contributed by atoms with Crippen molar-refractivity contribution in [2.24, 2.45) is 7.05 Å². The third-order valence-electron chi connectivity index (χ3n) is 4.55. The Morgan fingerprint density at radius 1 is 1.38 bits per heavy atom. The quantitative estimate of drug-likeness (QED) is 0.862. The monoisotopic (exact) mass is 325 g/mol. The minimum atomic E-state index is -0.494. The minimum absolute atomic E-state index is 0.0672. The number of hydrogen-bond donors (Lipinski definition) is 0. The van der Waals surface area contributed by atoms with Crippen LogP contribution in [-0.4, -0.2) is 39.4 Å². The van der Waals surface area contributed by atoms with Gasteiger partial charge in [-0.05, 0) is 25.0 Å². The van der Waals surface area contributed by atoms with E-state index in [1.807, 2.05) is 37.6 Å². The second-order valence-electron chi connectivity index (χ2n) is 6.79. The Labute approximate surface area is 142 Å². The van der Waals surface area contributed by atoms with Crippen LogP contribution in [0.5, 0.6) is 0 Å². The fourth-order valence-electron chi connectivity index (χ4n) is 3.16. The molecule has 1 unspecified atom stereocenters. The van der Waals surface area contributed by atoms with Gasteiger partial charge in [-0.25, -0.2) is 0 Å². The van der Waals surface area contributed by atoms with Gasteiger partial charge in [0.2, 0.25) is 0 Å². The number of benzene rings is 1. The summed E-state index contributed by atoms with van der Waals surface area (Å²) in [4.78, 5) is 2.36. The zero-order valence-corrected chi connectivity index (χ0v) is 14.4. The number of rotatable bonds is 4. The summed E-state index contributed by atoms with van der Waals surface area (Å²) in [6.45, 7) is 7.05. The summed E-state index contributed by atoms with van der Waals surface area (Å²) >= 11 is 0. The molecule has 0 amide bonds. The molecule has 0 bridgehead atoms. The maximum atomic E-state index is 9.47. The molecule has 24 heavy (non-hydrogen) atoms. The van der Waals surface area contributed by atoms with E-state index in [4.69, 9.17) is 4.74 Å². The summed E-state index contributed by atoms with van der Waals surface area (Å²) < 4.78 is 7.78. The van der Waals surface area contributed by atoms with Crippen LogP contribution >= 0.6 is 0 Å². The average molecular weight is 325 g/mol. The molecule has 126 valence electrons. The number of hydrogen-bond acceptors (Lipinski definition) is 5. The van der Waals surface area contributed by atoms with Crippen LogP contribution in [0.15, 0.2) is 30.6 Å². The van der Waals surface area contributed by atoms with Crippen molar-refractivity contribution in [3.63, 3.8) is 0 Å². The van der Waals surface area contributed by atoms with E-state index in [9.17, 15) is 5.26 Å². The number of aryl methyl sites for hydroxylation is 1. The van der Waals surface area contributed by atoms with Crippen molar-refractivity contribution >= 4 is 0 Å². The van der Waals surface area contributed by atoms with E-state index in [1.165, 1.54) is 5.56 Å². The van der Waals surface area contributed by atoms with E-state index in [0.29, 0.717) is 6.61 Å². The molecule has 0 spiro atoms. The lowest BCUT2D eigenvalue weighted by Gasteiger charge is -2.33. The first-order valence-corrected chi connectivity index (χ1v) is 8.19. The van der Waals surface area contributed by atoms with Crippen LogP contribution in [0.25, 0.3) is 0 Å². The van der Waals surface area contributed by atoms with Crippen LogP contribution in [0.3, 0.4) is 0 Å². The molecule has 1 aliphatic heterocycles. The third-order valence-corrected chi connectivity index (χ3v) is 4.55. The average Bonchev–Trinajstić information content (AvgIpc) is 3.01. The minimum Gasteiger partial charge on any atom is -0.368 e. The second kappa shape index (κ2) is 6.71. The molecule has 1 aromatic carbocycles. The maximum absolute atomic E-state index is 9.47. The van der Waals surface area contributed by atoms with Crippen molar-refractivity contribution in [3.8, 4) is 6.07 Å². The lowest BCUT2D eigenvalue weighted by atomic mass is 9.83. The highest BCUT2D eigenvalue weighted by Gasteiger charge is 2.28. The van der Waals surface area contributed by atoms with Gasteiger partial charge >= 0.3 is 0 Å². The van der Waals surface area contributed by atoms with Crippen LogP contribution in [0, 0.1) is 11.3 Å². The van der Waals surface area contributed by atoms with Crippen LogP contribution in [0.2, 0.25) is 0 Å². The van der Waals surface area contributed by atoms with E-state index < -0.39 is 5.41 Å². The van der Waals surface area contributed by atoms with Crippen molar-refractivity contribution in [1.29, 1.82) is 5.26 Å². The van der Waals surface area contributed by atoms with E-state index in [1.54, 1.807) is 6.33 Å². The molecule has 0 aliphatic carbocycles. The molecular weight excluding hydrogens is 302 g/mol. The normalized spacial score (nSPS) is 19.2. The molecule has 1 aromatic heterocycles. The van der Waals surface area contributed by atoms with E-state index >= 15 is 0 Å². The number of morpholine rings is 1. The van der Waals surface area contributed by atoms with Crippen molar-refractivity contribution in [2.75, 3.05) is 19.7 Å². The topological polar surface area (TPSA) is 67.0 Å². The van der Waals surface area contributed by atoms with E-state index in [-0.39, 0.29) is 6.10 Å². The Balaban J connectivity index is 1.78. The SMILES string of the molecule is Cn1cnnc1C1CN(Cc2ccccc2C(C)(C)C#N)CCO1. The van der Waals surface area contributed by atoms with Crippen molar-refractivity contribution in [2.45, 2.75) is 31.9 Å². The summed E-state index contributed by atoms with van der Waals surface area (Å²) in [5, 5.41) is 17.6. The summed E-state index contributed by atoms with van der Waals surface area (Å²) in [6.07, 6.45) is 1.63. The van der Waals surface area contributed by atoms with Gasteiger partial charge in [-0.15, -0.1) is 10.2 Å². The Morgan fingerprint density at radius 2 is 2.17 bits per heavy atom. The molecule has 1 atom stereocenters. The first-order chi connectivity index (χ1) is 11.5. The van der Waals surface area contributed by atoms with Gasteiger partial charge in [0.05, 0.1) is 18.1 Å². The molecule has 2 aromatic rings. The van der Waals surface area contributed by atoms with Crippen LogP contribution in [-0.2, 0) is 23.7 Å². The predicted octanol–water partition coefficient (Wildman–Crippen LogP) is 2.19. The van der Waals surface area contributed by atoms with Crippen molar-refractivity contribution < 1.29 is 4.74 Å². The highest BCUT2D eigenvalue weighted by molar-refractivity contribution is 5.37. The molecule has 6 heteroatoms. The van der Waals surface area contributed by atoms with Crippen LogP contribution < -0.4 is 0 Å². The molecule has 1 fully saturated rings. The summed E-state index contributed by atoms with van der Waals surface area (Å²) in [5.41, 5.74) is 1.79.